The van der Waals surface area contributed by atoms with Crippen molar-refractivity contribution in [1.82, 2.24) is 4.90 Å². The number of carbonyl (C=O) groups excluding carboxylic acids is 2. The Bertz CT molecular complexity index is 727. The van der Waals surface area contributed by atoms with Crippen molar-refractivity contribution >= 4 is 17.5 Å². The van der Waals surface area contributed by atoms with Gasteiger partial charge in [-0.2, -0.15) is 0 Å². The zero-order valence-electron chi connectivity index (χ0n) is 15.6. The van der Waals surface area contributed by atoms with Crippen LogP contribution in [0.2, 0.25) is 0 Å². The number of amides is 2. The van der Waals surface area contributed by atoms with Crippen molar-refractivity contribution in [1.29, 1.82) is 0 Å². The van der Waals surface area contributed by atoms with Crippen molar-refractivity contribution in [2.45, 2.75) is 45.8 Å². The van der Waals surface area contributed by atoms with Gasteiger partial charge in [0, 0.05) is 37.7 Å². The molecule has 1 atom stereocenters. The van der Waals surface area contributed by atoms with Gasteiger partial charge in [-0.15, -0.1) is 0 Å². The van der Waals surface area contributed by atoms with E-state index in [1.807, 2.05) is 68.4 Å². The zero-order valence-corrected chi connectivity index (χ0v) is 15.6. The summed E-state index contributed by atoms with van der Waals surface area (Å²) < 4.78 is 0. The maximum absolute atomic E-state index is 12.2. The van der Waals surface area contributed by atoms with Crippen LogP contribution in [0.1, 0.15) is 44.4 Å². The van der Waals surface area contributed by atoms with Crippen LogP contribution in [0.15, 0.2) is 54.6 Å². The molecule has 0 radical (unpaired) electrons. The highest BCUT2D eigenvalue weighted by atomic mass is 16.2. The average Bonchev–Trinajstić information content (AvgIpc) is 2.61. The summed E-state index contributed by atoms with van der Waals surface area (Å²) in [6, 6.07) is 16.9. The van der Waals surface area contributed by atoms with Crippen LogP contribution >= 0.6 is 0 Å². The van der Waals surface area contributed by atoms with E-state index in [4.69, 9.17) is 5.73 Å². The molecule has 26 heavy (non-hydrogen) atoms. The molecule has 0 aliphatic rings. The van der Waals surface area contributed by atoms with Crippen molar-refractivity contribution in [3.8, 4) is 0 Å². The first-order valence-electron chi connectivity index (χ1n) is 8.83. The van der Waals surface area contributed by atoms with Gasteiger partial charge in [-0.25, -0.2) is 0 Å². The molecule has 2 aromatic rings. The van der Waals surface area contributed by atoms with Crippen molar-refractivity contribution in [2.75, 3.05) is 5.32 Å². The van der Waals surface area contributed by atoms with Gasteiger partial charge in [-0.05, 0) is 37.1 Å². The minimum atomic E-state index is -0.328. The number of carbonyl (C=O) groups is 2. The normalized spacial score (nSPS) is 11.9. The van der Waals surface area contributed by atoms with Crippen LogP contribution in [-0.4, -0.2) is 22.8 Å². The van der Waals surface area contributed by atoms with Crippen LogP contribution in [0, 0.1) is 0 Å². The lowest BCUT2D eigenvalue weighted by Gasteiger charge is -2.25. The monoisotopic (exact) mass is 353 g/mol. The Labute approximate surface area is 155 Å². The van der Waals surface area contributed by atoms with Crippen molar-refractivity contribution in [3.63, 3.8) is 0 Å². The standard InChI is InChI=1S/C21H27N3O2/c1-15(2)24(16(3)25)14-17-9-11-19(12-10-17)23-21(26)13-20(22)18-7-5-4-6-8-18/h4-12,15,20H,13-14,22H2,1-3H3,(H,23,26). The topological polar surface area (TPSA) is 75.4 Å². The van der Waals surface area contributed by atoms with E-state index in [9.17, 15) is 9.59 Å². The number of hydrogen-bond acceptors (Lipinski definition) is 3. The second-order valence-electron chi connectivity index (χ2n) is 6.71. The molecule has 5 heteroatoms. The second-order valence-corrected chi connectivity index (χ2v) is 6.71. The molecule has 0 saturated carbocycles. The van der Waals surface area contributed by atoms with E-state index in [0.717, 1.165) is 16.8 Å². The summed E-state index contributed by atoms with van der Waals surface area (Å²) in [5.74, 6) is -0.0751. The van der Waals surface area contributed by atoms with Gasteiger partial charge < -0.3 is 16.0 Å². The minimum Gasteiger partial charge on any atom is -0.336 e. The number of benzene rings is 2. The highest BCUT2D eigenvalue weighted by molar-refractivity contribution is 5.91. The summed E-state index contributed by atoms with van der Waals surface area (Å²) in [6.07, 6.45) is 0.219. The first-order chi connectivity index (χ1) is 12.4. The van der Waals surface area contributed by atoms with Gasteiger partial charge in [0.25, 0.3) is 0 Å². The summed E-state index contributed by atoms with van der Waals surface area (Å²) in [5.41, 5.74) is 8.77. The van der Waals surface area contributed by atoms with E-state index in [-0.39, 0.29) is 30.3 Å². The summed E-state index contributed by atoms with van der Waals surface area (Å²) in [6.45, 7) is 6.11. The summed E-state index contributed by atoms with van der Waals surface area (Å²) >= 11 is 0. The predicted octanol–water partition coefficient (Wildman–Crippen LogP) is 3.47. The predicted molar refractivity (Wildman–Crippen MR) is 104 cm³/mol. The van der Waals surface area contributed by atoms with E-state index >= 15 is 0 Å². The zero-order chi connectivity index (χ0) is 19.1. The maximum Gasteiger partial charge on any atom is 0.226 e. The van der Waals surface area contributed by atoms with E-state index in [0.29, 0.717) is 6.54 Å². The third kappa shape index (κ3) is 5.70. The molecule has 1 unspecified atom stereocenters. The van der Waals surface area contributed by atoms with Crippen LogP contribution in [-0.2, 0) is 16.1 Å². The molecule has 0 aliphatic carbocycles. The molecule has 0 bridgehead atoms. The average molecular weight is 353 g/mol. The maximum atomic E-state index is 12.2. The molecule has 5 nitrogen and oxygen atoms in total. The summed E-state index contributed by atoms with van der Waals surface area (Å²) in [5, 5.41) is 2.87. The van der Waals surface area contributed by atoms with Gasteiger partial charge in [-0.1, -0.05) is 42.5 Å². The number of nitrogens with zero attached hydrogens (tertiary/aromatic N) is 1. The van der Waals surface area contributed by atoms with Crippen molar-refractivity contribution in [2.24, 2.45) is 5.73 Å². The molecular formula is C21H27N3O2. The molecular weight excluding hydrogens is 326 g/mol. The van der Waals surface area contributed by atoms with Crippen LogP contribution < -0.4 is 11.1 Å². The Morgan fingerprint density at radius 1 is 1.04 bits per heavy atom. The van der Waals surface area contributed by atoms with Gasteiger partial charge in [-0.3, -0.25) is 9.59 Å². The number of rotatable bonds is 7. The lowest BCUT2D eigenvalue weighted by Crippen LogP contribution is -2.34. The number of anilines is 1. The van der Waals surface area contributed by atoms with E-state index in [2.05, 4.69) is 5.32 Å². The van der Waals surface area contributed by atoms with E-state index in [1.165, 1.54) is 0 Å². The molecule has 0 fully saturated rings. The highest BCUT2D eigenvalue weighted by Gasteiger charge is 2.14. The fourth-order valence-corrected chi connectivity index (χ4v) is 2.78. The van der Waals surface area contributed by atoms with E-state index < -0.39 is 0 Å². The lowest BCUT2D eigenvalue weighted by molar-refractivity contribution is -0.131. The van der Waals surface area contributed by atoms with Gasteiger partial charge in [0.1, 0.15) is 0 Å². The van der Waals surface area contributed by atoms with Crippen LogP contribution in [0.4, 0.5) is 5.69 Å². The Morgan fingerprint density at radius 3 is 2.19 bits per heavy atom. The highest BCUT2D eigenvalue weighted by Crippen LogP contribution is 2.16. The van der Waals surface area contributed by atoms with E-state index in [1.54, 1.807) is 11.8 Å². The quantitative estimate of drug-likeness (QED) is 0.800. The molecule has 0 aromatic heterocycles. The fraction of sp³-hybridized carbons (Fsp3) is 0.333. The third-order valence-corrected chi connectivity index (χ3v) is 4.25. The van der Waals surface area contributed by atoms with Crippen molar-refractivity contribution in [3.05, 3.63) is 65.7 Å². The van der Waals surface area contributed by atoms with Crippen LogP contribution in [0.3, 0.4) is 0 Å². The molecule has 138 valence electrons. The number of hydrogen-bond donors (Lipinski definition) is 2. The molecule has 0 saturated heterocycles. The first-order valence-corrected chi connectivity index (χ1v) is 8.83. The Hall–Kier alpha value is -2.66. The van der Waals surface area contributed by atoms with Gasteiger partial charge in [0.15, 0.2) is 0 Å². The molecule has 0 spiro atoms. The largest absolute Gasteiger partial charge is 0.336 e. The Kier molecular flexibility index (Phi) is 6.92. The first kappa shape index (κ1) is 19.7. The number of nitrogens with two attached hydrogens (primary N) is 1. The molecule has 2 amide bonds. The second kappa shape index (κ2) is 9.15. The molecule has 0 heterocycles. The number of nitrogens with one attached hydrogen (secondary N) is 1. The molecule has 2 aromatic carbocycles. The lowest BCUT2D eigenvalue weighted by atomic mass is 10.0. The minimum absolute atomic E-state index is 0.0484. The summed E-state index contributed by atoms with van der Waals surface area (Å²) in [7, 11) is 0. The SMILES string of the molecule is CC(=O)N(Cc1ccc(NC(=O)CC(N)c2ccccc2)cc1)C(C)C. The Morgan fingerprint density at radius 2 is 1.65 bits per heavy atom. The molecule has 2 rings (SSSR count). The van der Waals surface area contributed by atoms with Crippen LogP contribution in [0.25, 0.3) is 0 Å². The van der Waals surface area contributed by atoms with Gasteiger partial charge in [0.05, 0.1) is 0 Å². The van der Waals surface area contributed by atoms with Crippen molar-refractivity contribution < 1.29 is 9.59 Å². The van der Waals surface area contributed by atoms with Gasteiger partial charge >= 0.3 is 0 Å². The fourth-order valence-electron chi connectivity index (χ4n) is 2.78. The molecule has 3 N–H and O–H groups in total. The van der Waals surface area contributed by atoms with Crippen LogP contribution in [0.5, 0.6) is 0 Å². The Balaban J connectivity index is 1.92. The van der Waals surface area contributed by atoms with Gasteiger partial charge in [0.2, 0.25) is 11.8 Å². The summed E-state index contributed by atoms with van der Waals surface area (Å²) in [4.78, 5) is 25.7. The molecule has 0 aliphatic heterocycles. The smallest absolute Gasteiger partial charge is 0.226 e. The third-order valence-electron chi connectivity index (χ3n) is 4.25.